The maximum Gasteiger partial charge on any atom is 0.221 e. The number of benzene rings is 1. The number of hydrogen-bond donors (Lipinski definition) is 1. The van der Waals surface area contributed by atoms with Gasteiger partial charge in [-0.25, -0.2) is 8.42 Å². The monoisotopic (exact) mass is 332 g/mol. The molecular formula is C17H20N2O3S. The van der Waals surface area contributed by atoms with Crippen molar-refractivity contribution in [3.63, 3.8) is 0 Å². The highest BCUT2D eigenvalue weighted by atomic mass is 32.2. The molecule has 23 heavy (non-hydrogen) atoms. The SMILES string of the molecule is Cc1ccc([C@H](NC(=O)CCS(C)(=O)=O)c2ccncc2)cc1. The van der Waals surface area contributed by atoms with E-state index in [9.17, 15) is 13.2 Å². The number of amides is 1. The quantitative estimate of drug-likeness (QED) is 0.878. The molecule has 1 amide bonds. The summed E-state index contributed by atoms with van der Waals surface area (Å²) in [6.07, 6.45) is 4.41. The molecule has 2 aromatic rings. The summed E-state index contributed by atoms with van der Waals surface area (Å²) in [4.78, 5) is 16.1. The molecule has 0 aliphatic rings. The van der Waals surface area contributed by atoms with Gasteiger partial charge in [-0.05, 0) is 30.2 Å². The number of pyridine rings is 1. The molecule has 0 aliphatic carbocycles. The standard InChI is InChI=1S/C17H20N2O3S/c1-13-3-5-14(6-4-13)17(15-7-10-18-11-8-15)19-16(20)9-12-23(2,21)22/h3-8,10-11,17H,9,12H2,1-2H3,(H,19,20)/t17-/m0/s1. The molecule has 6 heteroatoms. The summed E-state index contributed by atoms with van der Waals surface area (Å²) in [5.74, 6) is -0.451. The van der Waals surface area contributed by atoms with Crippen molar-refractivity contribution in [3.8, 4) is 0 Å². The largest absolute Gasteiger partial charge is 0.345 e. The Bertz CT molecular complexity index is 756. The number of aryl methyl sites for hydroxylation is 1. The molecular weight excluding hydrogens is 312 g/mol. The van der Waals surface area contributed by atoms with Crippen LogP contribution in [0, 0.1) is 6.92 Å². The molecule has 0 saturated heterocycles. The molecule has 1 atom stereocenters. The molecule has 0 aliphatic heterocycles. The number of nitrogens with zero attached hydrogens (tertiary/aromatic N) is 1. The summed E-state index contributed by atoms with van der Waals surface area (Å²) in [7, 11) is -3.16. The first kappa shape index (κ1) is 17.1. The second-order valence-electron chi connectivity index (χ2n) is 5.57. The summed E-state index contributed by atoms with van der Waals surface area (Å²) >= 11 is 0. The molecule has 2 rings (SSSR count). The van der Waals surface area contributed by atoms with Gasteiger partial charge in [-0.3, -0.25) is 9.78 Å². The third-order valence-corrected chi connectivity index (χ3v) is 4.40. The van der Waals surface area contributed by atoms with Gasteiger partial charge in [0.1, 0.15) is 9.84 Å². The van der Waals surface area contributed by atoms with Crippen molar-refractivity contribution >= 4 is 15.7 Å². The van der Waals surface area contributed by atoms with Crippen molar-refractivity contribution in [2.45, 2.75) is 19.4 Å². The van der Waals surface area contributed by atoms with E-state index in [1.165, 1.54) is 0 Å². The van der Waals surface area contributed by atoms with Crippen LogP contribution in [0.5, 0.6) is 0 Å². The first-order chi connectivity index (χ1) is 10.8. The van der Waals surface area contributed by atoms with Crippen molar-refractivity contribution < 1.29 is 13.2 Å². The van der Waals surface area contributed by atoms with Gasteiger partial charge >= 0.3 is 0 Å². The van der Waals surface area contributed by atoms with E-state index in [2.05, 4.69) is 10.3 Å². The lowest BCUT2D eigenvalue weighted by Crippen LogP contribution is -2.30. The Balaban J connectivity index is 2.21. The fourth-order valence-corrected chi connectivity index (χ4v) is 2.74. The Kier molecular flexibility index (Phi) is 5.50. The number of aromatic nitrogens is 1. The van der Waals surface area contributed by atoms with Crippen LogP contribution >= 0.6 is 0 Å². The van der Waals surface area contributed by atoms with Gasteiger partial charge in [0.15, 0.2) is 0 Å². The van der Waals surface area contributed by atoms with E-state index in [1.807, 2.05) is 43.3 Å². The zero-order chi connectivity index (χ0) is 16.9. The first-order valence-electron chi connectivity index (χ1n) is 7.29. The highest BCUT2D eigenvalue weighted by molar-refractivity contribution is 7.90. The van der Waals surface area contributed by atoms with Crippen molar-refractivity contribution in [1.29, 1.82) is 0 Å². The number of carbonyl (C=O) groups excluding carboxylic acids is 1. The van der Waals surface area contributed by atoms with Crippen LogP contribution in [0.25, 0.3) is 0 Å². The molecule has 1 aromatic heterocycles. The van der Waals surface area contributed by atoms with E-state index >= 15 is 0 Å². The molecule has 5 nitrogen and oxygen atoms in total. The van der Waals surface area contributed by atoms with E-state index in [0.29, 0.717) is 0 Å². The molecule has 1 N–H and O–H groups in total. The van der Waals surface area contributed by atoms with Crippen LogP contribution in [0.3, 0.4) is 0 Å². The van der Waals surface area contributed by atoms with Gasteiger partial charge in [-0.2, -0.15) is 0 Å². The highest BCUT2D eigenvalue weighted by Gasteiger charge is 2.17. The minimum atomic E-state index is -3.16. The number of hydrogen-bond acceptors (Lipinski definition) is 4. The lowest BCUT2D eigenvalue weighted by Gasteiger charge is -2.20. The van der Waals surface area contributed by atoms with Crippen LogP contribution in [0.1, 0.15) is 29.2 Å². The maximum absolute atomic E-state index is 12.1. The molecule has 0 spiro atoms. The van der Waals surface area contributed by atoms with Crippen molar-refractivity contribution in [2.75, 3.05) is 12.0 Å². The molecule has 0 unspecified atom stereocenters. The lowest BCUT2D eigenvalue weighted by molar-refractivity contribution is -0.121. The normalized spacial score (nSPS) is 12.6. The van der Waals surface area contributed by atoms with E-state index in [1.54, 1.807) is 12.4 Å². The number of sulfone groups is 1. The summed E-state index contributed by atoms with van der Waals surface area (Å²) < 4.78 is 22.4. The smallest absolute Gasteiger partial charge is 0.221 e. The van der Waals surface area contributed by atoms with Crippen LogP contribution < -0.4 is 5.32 Å². The molecule has 0 bridgehead atoms. The lowest BCUT2D eigenvalue weighted by atomic mass is 9.98. The average molecular weight is 332 g/mol. The second-order valence-corrected chi connectivity index (χ2v) is 7.83. The fourth-order valence-electron chi connectivity index (χ4n) is 2.19. The molecule has 1 heterocycles. The number of nitrogens with one attached hydrogen (secondary N) is 1. The topological polar surface area (TPSA) is 76.1 Å². The Labute approximate surface area is 136 Å². The minimum absolute atomic E-state index is 0.0493. The second kappa shape index (κ2) is 7.37. The highest BCUT2D eigenvalue weighted by Crippen LogP contribution is 2.22. The molecule has 0 radical (unpaired) electrons. The summed E-state index contributed by atoms with van der Waals surface area (Å²) in [6.45, 7) is 2.00. The third kappa shape index (κ3) is 5.49. The van der Waals surface area contributed by atoms with Gasteiger partial charge in [0.25, 0.3) is 0 Å². The zero-order valence-electron chi connectivity index (χ0n) is 13.2. The van der Waals surface area contributed by atoms with Crippen LogP contribution in [0.2, 0.25) is 0 Å². The maximum atomic E-state index is 12.1. The Morgan fingerprint density at radius 1 is 1.09 bits per heavy atom. The Morgan fingerprint density at radius 3 is 2.22 bits per heavy atom. The van der Waals surface area contributed by atoms with Crippen LogP contribution in [-0.4, -0.2) is 31.3 Å². The molecule has 0 fully saturated rings. The predicted molar refractivity (Wildman–Crippen MR) is 89.7 cm³/mol. The van der Waals surface area contributed by atoms with Crippen molar-refractivity contribution in [3.05, 3.63) is 65.5 Å². The minimum Gasteiger partial charge on any atom is -0.345 e. The van der Waals surface area contributed by atoms with Gasteiger partial charge in [0.05, 0.1) is 11.8 Å². The van der Waals surface area contributed by atoms with Crippen molar-refractivity contribution in [1.82, 2.24) is 10.3 Å². The van der Waals surface area contributed by atoms with Crippen LogP contribution in [0.4, 0.5) is 0 Å². The van der Waals surface area contributed by atoms with Crippen LogP contribution in [-0.2, 0) is 14.6 Å². The van der Waals surface area contributed by atoms with Gasteiger partial charge in [0, 0.05) is 25.1 Å². The molecule has 0 saturated carbocycles. The van der Waals surface area contributed by atoms with Crippen molar-refractivity contribution in [2.24, 2.45) is 0 Å². The van der Waals surface area contributed by atoms with Gasteiger partial charge < -0.3 is 5.32 Å². The fraction of sp³-hybridized carbons (Fsp3) is 0.294. The van der Waals surface area contributed by atoms with E-state index in [4.69, 9.17) is 0 Å². The zero-order valence-corrected chi connectivity index (χ0v) is 14.0. The first-order valence-corrected chi connectivity index (χ1v) is 9.35. The van der Waals surface area contributed by atoms with E-state index < -0.39 is 9.84 Å². The molecule has 122 valence electrons. The Hall–Kier alpha value is -2.21. The number of rotatable bonds is 6. The third-order valence-electron chi connectivity index (χ3n) is 3.46. The van der Waals surface area contributed by atoms with Gasteiger partial charge in [0.2, 0.25) is 5.91 Å². The van der Waals surface area contributed by atoms with Crippen LogP contribution in [0.15, 0.2) is 48.8 Å². The Morgan fingerprint density at radius 2 is 1.65 bits per heavy atom. The number of carbonyl (C=O) groups is 1. The molecule has 1 aromatic carbocycles. The summed E-state index contributed by atoms with van der Waals surface area (Å²) in [5.41, 5.74) is 2.97. The summed E-state index contributed by atoms with van der Waals surface area (Å²) in [6, 6.07) is 11.2. The average Bonchev–Trinajstić information content (AvgIpc) is 2.52. The van der Waals surface area contributed by atoms with E-state index in [-0.39, 0.29) is 24.1 Å². The summed E-state index contributed by atoms with van der Waals surface area (Å²) in [5, 5.41) is 2.91. The van der Waals surface area contributed by atoms with Gasteiger partial charge in [-0.1, -0.05) is 29.8 Å². The van der Waals surface area contributed by atoms with E-state index in [0.717, 1.165) is 22.9 Å². The predicted octanol–water partition coefficient (Wildman–Crippen LogP) is 2.03. The van der Waals surface area contributed by atoms with Gasteiger partial charge in [-0.15, -0.1) is 0 Å².